The molecule has 2 aromatic rings. The normalized spacial score (nSPS) is 15.1. The minimum absolute atomic E-state index is 0.486. The van der Waals surface area contributed by atoms with Gasteiger partial charge in [-0.2, -0.15) is 0 Å². The second-order valence-corrected chi connectivity index (χ2v) is 7.65. The first kappa shape index (κ1) is 20.5. The fourth-order valence-electron chi connectivity index (χ4n) is 3.20. The first-order valence-electron chi connectivity index (χ1n) is 9.78. The second-order valence-electron chi connectivity index (χ2n) is 7.21. The molecule has 152 valence electrons. The molecule has 1 saturated carbocycles. The summed E-state index contributed by atoms with van der Waals surface area (Å²) in [7, 11) is 4.00. The van der Waals surface area contributed by atoms with E-state index in [-0.39, 0.29) is 0 Å². The quantitative estimate of drug-likeness (QED) is 0.567. The average molecular weight is 405 g/mol. The maximum absolute atomic E-state index is 5.92. The highest BCUT2D eigenvalue weighted by atomic mass is 35.5. The van der Waals surface area contributed by atoms with Crippen LogP contribution in [0, 0.1) is 6.92 Å². The van der Waals surface area contributed by atoms with E-state index in [0.29, 0.717) is 24.2 Å². The second kappa shape index (κ2) is 9.78. The molecule has 0 bridgehead atoms. The van der Waals surface area contributed by atoms with Crippen LogP contribution in [0.4, 0.5) is 0 Å². The van der Waals surface area contributed by atoms with Crippen LogP contribution in [0.1, 0.15) is 37.3 Å². The van der Waals surface area contributed by atoms with Crippen LogP contribution in [0.15, 0.2) is 29.3 Å². The average Bonchev–Trinajstić information content (AvgIpc) is 3.31. The Hall–Kier alpha value is -2.28. The molecule has 0 radical (unpaired) electrons. The molecule has 0 atom stereocenters. The number of nitrogens with one attached hydrogen (secondary N) is 1. The van der Waals surface area contributed by atoms with Gasteiger partial charge >= 0.3 is 0 Å². The molecule has 0 spiro atoms. The van der Waals surface area contributed by atoms with Gasteiger partial charge in [0, 0.05) is 25.2 Å². The molecule has 1 aliphatic carbocycles. The van der Waals surface area contributed by atoms with Gasteiger partial charge in [-0.05, 0) is 44.0 Å². The summed E-state index contributed by atoms with van der Waals surface area (Å²) < 4.78 is 7.80. The first-order chi connectivity index (χ1) is 13.5. The van der Waals surface area contributed by atoms with Crippen LogP contribution < -0.4 is 10.1 Å². The molecular formula is C20H29ClN6O. The lowest BCUT2D eigenvalue weighted by atomic mass is 10.2. The van der Waals surface area contributed by atoms with Gasteiger partial charge in [0.05, 0.1) is 6.54 Å². The number of aliphatic imine (C=N–C) groups is 1. The van der Waals surface area contributed by atoms with E-state index in [1.807, 2.05) is 49.9 Å². The molecule has 0 unspecified atom stereocenters. The fourth-order valence-corrected chi connectivity index (χ4v) is 3.33. The van der Waals surface area contributed by atoms with Crippen molar-refractivity contribution < 1.29 is 4.74 Å². The molecule has 3 rings (SSSR count). The monoisotopic (exact) mass is 404 g/mol. The maximum Gasteiger partial charge on any atom is 0.194 e. The van der Waals surface area contributed by atoms with Gasteiger partial charge in [-0.1, -0.05) is 24.4 Å². The molecule has 1 aromatic carbocycles. The molecule has 1 N–H and O–H groups in total. The van der Waals surface area contributed by atoms with E-state index >= 15 is 0 Å². The molecular weight excluding hydrogens is 376 g/mol. The van der Waals surface area contributed by atoms with Crippen molar-refractivity contribution in [3.63, 3.8) is 0 Å². The summed E-state index contributed by atoms with van der Waals surface area (Å²) in [6, 6.07) is 7.91. The number of ether oxygens (including phenoxy) is 1. The molecule has 7 nitrogen and oxygen atoms in total. The Morgan fingerprint density at radius 2 is 2.00 bits per heavy atom. The summed E-state index contributed by atoms with van der Waals surface area (Å²) in [4.78, 5) is 6.91. The number of likely N-dealkylation sites (N-methyl/N-ethyl adjacent to an activating group) is 1. The third-order valence-corrected chi connectivity index (χ3v) is 5.36. The lowest BCUT2D eigenvalue weighted by Crippen LogP contribution is -2.44. The van der Waals surface area contributed by atoms with Gasteiger partial charge in [-0.25, -0.2) is 4.99 Å². The summed E-state index contributed by atoms with van der Waals surface area (Å²) in [5.41, 5.74) is 0. The zero-order chi connectivity index (χ0) is 19.9. The van der Waals surface area contributed by atoms with E-state index in [2.05, 4.69) is 20.4 Å². The van der Waals surface area contributed by atoms with Crippen LogP contribution in [0.5, 0.6) is 5.75 Å². The molecule has 1 aliphatic rings. The highest BCUT2D eigenvalue weighted by Gasteiger charge is 2.18. The van der Waals surface area contributed by atoms with Crippen molar-refractivity contribution in [3.05, 3.63) is 40.9 Å². The van der Waals surface area contributed by atoms with Gasteiger partial charge in [-0.15, -0.1) is 10.2 Å². The van der Waals surface area contributed by atoms with Crippen LogP contribution in [0.25, 0.3) is 0 Å². The number of aryl methyl sites for hydroxylation is 1. The third kappa shape index (κ3) is 5.61. The smallest absolute Gasteiger partial charge is 0.194 e. The summed E-state index contributed by atoms with van der Waals surface area (Å²) >= 11 is 5.92. The van der Waals surface area contributed by atoms with Crippen LogP contribution in [-0.2, 0) is 13.6 Å². The number of aromatic nitrogens is 3. The largest absolute Gasteiger partial charge is 0.492 e. The van der Waals surface area contributed by atoms with E-state index in [1.165, 1.54) is 25.7 Å². The van der Waals surface area contributed by atoms with Crippen LogP contribution in [0.3, 0.4) is 0 Å². The van der Waals surface area contributed by atoms with Gasteiger partial charge in [-0.3, -0.25) is 0 Å². The molecule has 0 aliphatic heterocycles. The predicted molar refractivity (Wildman–Crippen MR) is 112 cm³/mol. The number of rotatable bonds is 7. The molecule has 1 fully saturated rings. The third-order valence-electron chi connectivity index (χ3n) is 5.11. The van der Waals surface area contributed by atoms with Crippen molar-refractivity contribution >= 4 is 17.6 Å². The maximum atomic E-state index is 5.92. The minimum atomic E-state index is 0.486. The Balaban J connectivity index is 1.60. The Morgan fingerprint density at radius 1 is 1.29 bits per heavy atom. The van der Waals surface area contributed by atoms with Gasteiger partial charge < -0.3 is 19.5 Å². The Morgan fingerprint density at radius 3 is 2.64 bits per heavy atom. The topological polar surface area (TPSA) is 67.6 Å². The number of guanidine groups is 1. The zero-order valence-electron chi connectivity index (χ0n) is 16.9. The highest BCUT2D eigenvalue weighted by Crippen LogP contribution is 2.18. The standard InChI is InChI=1S/C20H29ClN6O/c1-15-24-25-19(27(15)3)14-22-20(23-17-6-4-5-7-17)26(2)12-13-28-18-10-8-16(21)9-11-18/h8-11,17H,4-7,12-14H2,1-3H3,(H,22,23). The predicted octanol–water partition coefficient (Wildman–Crippen LogP) is 3.18. The van der Waals surface area contributed by atoms with E-state index in [1.54, 1.807) is 0 Å². The van der Waals surface area contributed by atoms with Crippen LogP contribution in [-0.4, -0.2) is 51.9 Å². The zero-order valence-corrected chi connectivity index (χ0v) is 17.6. The Kier molecular flexibility index (Phi) is 7.14. The number of hydrogen-bond acceptors (Lipinski definition) is 4. The summed E-state index contributed by atoms with van der Waals surface area (Å²) in [5.74, 6) is 3.44. The highest BCUT2D eigenvalue weighted by molar-refractivity contribution is 6.30. The van der Waals surface area contributed by atoms with E-state index in [9.17, 15) is 0 Å². The molecule has 0 saturated heterocycles. The van der Waals surface area contributed by atoms with Gasteiger partial charge in [0.2, 0.25) is 0 Å². The van der Waals surface area contributed by atoms with Gasteiger partial charge in [0.1, 0.15) is 24.7 Å². The van der Waals surface area contributed by atoms with Crippen molar-refractivity contribution in [2.45, 2.75) is 45.2 Å². The molecule has 0 amide bonds. The summed E-state index contributed by atoms with van der Waals surface area (Å²) in [5, 5.41) is 12.6. The van der Waals surface area contributed by atoms with Crippen molar-refractivity contribution in [2.75, 3.05) is 20.2 Å². The van der Waals surface area contributed by atoms with E-state index in [4.69, 9.17) is 21.3 Å². The van der Waals surface area contributed by atoms with Crippen LogP contribution >= 0.6 is 11.6 Å². The first-order valence-corrected chi connectivity index (χ1v) is 10.2. The molecule has 8 heteroatoms. The lowest BCUT2D eigenvalue weighted by molar-refractivity contribution is 0.280. The summed E-state index contributed by atoms with van der Waals surface area (Å²) in [6.45, 7) is 3.72. The van der Waals surface area contributed by atoms with Gasteiger partial charge in [0.25, 0.3) is 0 Å². The molecule has 1 aromatic heterocycles. The van der Waals surface area contributed by atoms with Crippen molar-refractivity contribution in [3.8, 4) is 5.75 Å². The van der Waals surface area contributed by atoms with Crippen LogP contribution in [0.2, 0.25) is 5.02 Å². The summed E-state index contributed by atoms with van der Waals surface area (Å²) in [6.07, 6.45) is 4.93. The number of halogens is 1. The number of benzene rings is 1. The SMILES string of the molecule is Cc1nnc(CN=C(NC2CCCC2)N(C)CCOc2ccc(Cl)cc2)n1C. The van der Waals surface area contributed by atoms with Gasteiger partial charge in [0.15, 0.2) is 11.8 Å². The van der Waals surface area contributed by atoms with Crippen molar-refractivity contribution in [2.24, 2.45) is 12.0 Å². The fraction of sp³-hybridized carbons (Fsp3) is 0.550. The number of hydrogen-bond donors (Lipinski definition) is 1. The van der Waals surface area contributed by atoms with Crippen molar-refractivity contribution in [1.82, 2.24) is 25.0 Å². The van der Waals surface area contributed by atoms with E-state index in [0.717, 1.165) is 29.9 Å². The Labute approximate surface area is 171 Å². The molecule has 28 heavy (non-hydrogen) atoms. The van der Waals surface area contributed by atoms with Crippen molar-refractivity contribution in [1.29, 1.82) is 0 Å². The Bertz CT molecular complexity index is 782. The molecule has 1 heterocycles. The minimum Gasteiger partial charge on any atom is -0.492 e. The lowest BCUT2D eigenvalue weighted by Gasteiger charge is -2.25. The van der Waals surface area contributed by atoms with E-state index < -0.39 is 0 Å². The number of nitrogens with zero attached hydrogens (tertiary/aromatic N) is 5.